The molecule has 2 rings (SSSR count). The molecule has 5 heteroatoms. The molecule has 1 aromatic rings. The summed E-state index contributed by atoms with van der Waals surface area (Å²) in [5, 5.41) is 7.75. The zero-order valence-electron chi connectivity index (χ0n) is 16.2. The van der Waals surface area contributed by atoms with E-state index < -0.39 is 0 Å². The van der Waals surface area contributed by atoms with Crippen molar-refractivity contribution in [2.45, 2.75) is 53.4 Å². The molecule has 0 saturated carbocycles. The highest BCUT2D eigenvalue weighted by Crippen LogP contribution is 2.22. The van der Waals surface area contributed by atoms with Gasteiger partial charge >= 0.3 is 0 Å². The number of aromatic nitrogens is 2. The molecule has 24 heavy (non-hydrogen) atoms. The van der Waals surface area contributed by atoms with Crippen LogP contribution in [0.4, 0.5) is 0 Å². The zero-order chi connectivity index (χ0) is 17.6. The second kappa shape index (κ2) is 8.54. The minimum atomic E-state index is 0.399. The maximum Gasteiger partial charge on any atom is 0.193 e. The SMILES string of the molecule is CCNC(=NCCCC(C)(C)C)N1CCC(Cc2cnn(C)c2)C1. The molecule has 1 unspecified atom stereocenters. The lowest BCUT2D eigenvalue weighted by atomic mass is 9.91. The largest absolute Gasteiger partial charge is 0.357 e. The van der Waals surface area contributed by atoms with Crippen LogP contribution in [0, 0.1) is 11.3 Å². The number of nitrogens with one attached hydrogen (secondary N) is 1. The summed E-state index contributed by atoms with van der Waals surface area (Å²) in [4.78, 5) is 7.29. The van der Waals surface area contributed by atoms with Gasteiger partial charge in [-0.3, -0.25) is 9.67 Å². The van der Waals surface area contributed by atoms with Crippen molar-refractivity contribution in [2.24, 2.45) is 23.4 Å². The number of aliphatic imine (C=N–C) groups is 1. The molecule has 1 aliphatic rings. The molecular weight excluding hydrogens is 298 g/mol. The molecule has 1 atom stereocenters. The van der Waals surface area contributed by atoms with Crippen LogP contribution in [0.25, 0.3) is 0 Å². The Hall–Kier alpha value is -1.52. The summed E-state index contributed by atoms with van der Waals surface area (Å²) in [5.41, 5.74) is 1.74. The Morgan fingerprint density at radius 2 is 2.21 bits per heavy atom. The van der Waals surface area contributed by atoms with Crippen molar-refractivity contribution in [3.63, 3.8) is 0 Å². The van der Waals surface area contributed by atoms with Crippen LogP contribution in [0.15, 0.2) is 17.4 Å². The number of hydrogen-bond donors (Lipinski definition) is 1. The summed E-state index contributed by atoms with van der Waals surface area (Å²) in [7, 11) is 1.98. The minimum absolute atomic E-state index is 0.399. The molecule has 136 valence electrons. The van der Waals surface area contributed by atoms with E-state index in [4.69, 9.17) is 4.99 Å². The molecular formula is C19H35N5. The van der Waals surface area contributed by atoms with Gasteiger partial charge in [0, 0.05) is 39.4 Å². The van der Waals surface area contributed by atoms with Gasteiger partial charge in [0.05, 0.1) is 6.20 Å². The number of guanidine groups is 1. The van der Waals surface area contributed by atoms with Crippen molar-refractivity contribution >= 4 is 5.96 Å². The van der Waals surface area contributed by atoms with Crippen molar-refractivity contribution in [3.05, 3.63) is 18.0 Å². The first kappa shape index (κ1) is 18.8. The maximum absolute atomic E-state index is 4.86. The first-order valence-electron chi connectivity index (χ1n) is 9.38. The van der Waals surface area contributed by atoms with E-state index in [1.54, 1.807) is 0 Å². The van der Waals surface area contributed by atoms with Crippen LogP contribution in [0.2, 0.25) is 0 Å². The molecule has 0 aliphatic carbocycles. The molecule has 0 amide bonds. The molecule has 1 N–H and O–H groups in total. The molecule has 1 fully saturated rings. The summed E-state index contributed by atoms with van der Waals surface area (Å²) in [6.07, 6.45) is 8.86. The van der Waals surface area contributed by atoms with Crippen molar-refractivity contribution in [1.82, 2.24) is 20.0 Å². The van der Waals surface area contributed by atoms with Crippen LogP contribution >= 0.6 is 0 Å². The molecule has 1 aliphatic heterocycles. The Morgan fingerprint density at radius 3 is 2.83 bits per heavy atom. The van der Waals surface area contributed by atoms with Crippen molar-refractivity contribution in [3.8, 4) is 0 Å². The minimum Gasteiger partial charge on any atom is -0.357 e. The van der Waals surface area contributed by atoms with Crippen molar-refractivity contribution < 1.29 is 0 Å². The molecule has 0 aromatic carbocycles. The topological polar surface area (TPSA) is 45.5 Å². The van der Waals surface area contributed by atoms with E-state index in [0.29, 0.717) is 11.3 Å². The lowest BCUT2D eigenvalue weighted by Gasteiger charge is -2.22. The fraction of sp³-hybridized carbons (Fsp3) is 0.789. The Bertz CT molecular complexity index is 526. The molecule has 5 nitrogen and oxygen atoms in total. The molecule has 1 saturated heterocycles. The lowest BCUT2D eigenvalue weighted by Crippen LogP contribution is -2.40. The van der Waals surface area contributed by atoms with Crippen LogP contribution in [-0.2, 0) is 13.5 Å². The Morgan fingerprint density at radius 1 is 1.42 bits per heavy atom. The Labute approximate surface area is 147 Å². The monoisotopic (exact) mass is 333 g/mol. The average molecular weight is 334 g/mol. The predicted octanol–water partition coefficient (Wildman–Crippen LogP) is 3.08. The first-order chi connectivity index (χ1) is 11.4. The first-order valence-corrected chi connectivity index (χ1v) is 9.38. The van der Waals surface area contributed by atoms with E-state index in [1.807, 2.05) is 17.9 Å². The van der Waals surface area contributed by atoms with E-state index >= 15 is 0 Å². The third kappa shape index (κ3) is 6.17. The van der Waals surface area contributed by atoms with Crippen LogP contribution in [-0.4, -0.2) is 46.8 Å². The third-order valence-electron chi connectivity index (χ3n) is 4.55. The summed E-state index contributed by atoms with van der Waals surface area (Å²) >= 11 is 0. The number of hydrogen-bond acceptors (Lipinski definition) is 2. The van der Waals surface area contributed by atoms with E-state index in [9.17, 15) is 0 Å². The van der Waals surface area contributed by atoms with Gasteiger partial charge in [-0.25, -0.2) is 0 Å². The fourth-order valence-corrected chi connectivity index (χ4v) is 3.32. The van der Waals surface area contributed by atoms with Gasteiger partial charge in [-0.05, 0) is 49.5 Å². The van der Waals surface area contributed by atoms with Crippen LogP contribution in [0.1, 0.15) is 52.5 Å². The molecule has 0 spiro atoms. The molecule has 0 bridgehead atoms. The number of likely N-dealkylation sites (tertiary alicyclic amines) is 1. The van der Waals surface area contributed by atoms with Gasteiger partial charge < -0.3 is 10.2 Å². The maximum atomic E-state index is 4.86. The molecule has 2 heterocycles. The highest BCUT2D eigenvalue weighted by atomic mass is 15.3. The van der Waals surface area contributed by atoms with Gasteiger partial charge in [0.1, 0.15) is 0 Å². The van der Waals surface area contributed by atoms with E-state index in [2.05, 4.69) is 49.2 Å². The summed E-state index contributed by atoms with van der Waals surface area (Å²) in [6, 6.07) is 0. The van der Waals surface area contributed by atoms with Gasteiger partial charge in [0.25, 0.3) is 0 Å². The number of nitrogens with zero attached hydrogens (tertiary/aromatic N) is 4. The zero-order valence-corrected chi connectivity index (χ0v) is 16.2. The van der Waals surface area contributed by atoms with E-state index in [1.165, 1.54) is 18.4 Å². The molecule has 0 radical (unpaired) electrons. The lowest BCUT2D eigenvalue weighted by molar-refractivity contribution is 0.367. The van der Waals surface area contributed by atoms with Crippen LogP contribution in [0.3, 0.4) is 0 Å². The Balaban J connectivity index is 1.84. The highest BCUT2D eigenvalue weighted by molar-refractivity contribution is 5.80. The van der Waals surface area contributed by atoms with Gasteiger partial charge in [0.15, 0.2) is 5.96 Å². The van der Waals surface area contributed by atoms with Crippen LogP contribution < -0.4 is 5.32 Å². The van der Waals surface area contributed by atoms with Gasteiger partial charge in [-0.15, -0.1) is 0 Å². The number of rotatable bonds is 6. The normalized spacial score (nSPS) is 19.1. The van der Waals surface area contributed by atoms with Crippen molar-refractivity contribution in [1.29, 1.82) is 0 Å². The van der Waals surface area contributed by atoms with E-state index in [0.717, 1.165) is 45.0 Å². The summed E-state index contributed by atoms with van der Waals surface area (Å²) < 4.78 is 1.89. The predicted molar refractivity (Wildman–Crippen MR) is 101 cm³/mol. The second-order valence-corrected chi connectivity index (χ2v) is 8.23. The fourth-order valence-electron chi connectivity index (χ4n) is 3.32. The highest BCUT2D eigenvalue weighted by Gasteiger charge is 2.25. The molecule has 1 aromatic heterocycles. The van der Waals surface area contributed by atoms with Crippen molar-refractivity contribution in [2.75, 3.05) is 26.2 Å². The third-order valence-corrected chi connectivity index (χ3v) is 4.55. The Kier molecular flexibility index (Phi) is 6.69. The standard InChI is InChI=1S/C19H35N5/c1-6-20-18(21-10-7-9-19(2,3)4)24-11-8-16(15-24)12-17-13-22-23(5)14-17/h13-14,16H,6-12,15H2,1-5H3,(H,20,21). The van der Waals surface area contributed by atoms with Gasteiger partial charge in [-0.2, -0.15) is 5.10 Å². The second-order valence-electron chi connectivity index (χ2n) is 8.23. The quantitative estimate of drug-likeness (QED) is 0.494. The summed E-state index contributed by atoms with van der Waals surface area (Å²) in [5.74, 6) is 1.80. The average Bonchev–Trinajstić information content (AvgIpc) is 3.11. The smallest absolute Gasteiger partial charge is 0.193 e. The number of aryl methyl sites for hydroxylation is 1. The van der Waals surface area contributed by atoms with Gasteiger partial charge in [0.2, 0.25) is 0 Å². The van der Waals surface area contributed by atoms with Crippen LogP contribution in [0.5, 0.6) is 0 Å². The summed E-state index contributed by atoms with van der Waals surface area (Å²) in [6.45, 7) is 13.1. The van der Waals surface area contributed by atoms with Gasteiger partial charge in [-0.1, -0.05) is 20.8 Å². The van der Waals surface area contributed by atoms with E-state index in [-0.39, 0.29) is 0 Å².